The van der Waals surface area contributed by atoms with Gasteiger partial charge in [-0.25, -0.2) is 0 Å². The van der Waals surface area contributed by atoms with Crippen molar-refractivity contribution in [1.82, 2.24) is 0 Å². The number of allylic oxidation sites excluding steroid dienone is 1. The summed E-state index contributed by atoms with van der Waals surface area (Å²) in [7, 11) is 0. The van der Waals surface area contributed by atoms with Crippen molar-refractivity contribution < 1.29 is 0 Å². The highest BCUT2D eigenvalue weighted by atomic mass is 31.2. The SMILES string of the molecule is C=C(C)C=P(c1ccccc1)(c1ccccc1)c1ccccc1. The Balaban J connectivity index is 2.43. The van der Waals surface area contributed by atoms with E-state index in [4.69, 9.17) is 0 Å². The van der Waals surface area contributed by atoms with Crippen LogP contribution in [-0.2, 0) is 0 Å². The second-order valence-corrected chi connectivity index (χ2v) is 8.96. The first-order valence-electron chi connectivity index (χ1n) is 7.80. The predicted molar refractivity (Wildman–Crippen MR) is 106 cm³/mol. The quantitative estimate of drug-likeness (QED) is 0.627. The molecule has 0 radical (unpaired) electrons. The molecule has 0 fully saturated rings. The Hall–Kier alpha value is -2.30. The molecular formula is C22H21P. The van der Waals surface area contributed by atoms with Gasteiger partial charge in [0.15, 0.2) is 0 Å². The van der Waals surface area contributed by atoms with E-state index >= 15 is 0 Å². The topological polar surface area (TPSA) is 0 Å². The minimum atomic E-state index is -1.83. The Kier molecular flexibility index (Phi) is 4.65. The molecule has 0 aromatic heterocycles. The summed E-state index contributed by atoms with van der Waals surface area (Å²) in [6.45, 7) is 4.44. The van der Waals surface area contributed by atoms with Crippen molar-refractivity contribution in [3.05, 3.63) is 103 Å². The maximum absolute atomic E-state index is 4.19. The molecule has 0 aliphatic rings. The minimum Gasteiger partial charge on any atom is -0.0961 e. The van der Waals surface area contributed by atoms with Crippen molar-refractivity contribution in [1.29, 1.82) is 0 Å². The van der Waals surface area contributed by atoms with Crippen LogP contribution in [0.3, 0.4) is 0 Å². The van der Waals surface area contributed by atoms with E-state index in [1.165, 1.54) is 15.9 Å². The third kappa shape index (κ3) is 3.09. The van der Waals surface area contributed by atoms with Crippen molar-refractivity contribution >= 4 is 28.6 Å². The summed E-state index contributed by atoms with van der Waals surface area (Å²) in [6, 6.07) is 32.5. The molecule has 0 heterocycles. The van der Waals surface area contributed by atoms with Gasteiger partial charge in [-0.3, -0.25) is 0 Å². The standard InChI is InChI=1S/C22H21P/c1-19(2)18-23(20-12-6-3-7-13-20,21-14-8-4-9-15-21)22-16-10-5-11-17-22/h3-18H,1H2,2H3. The Bertz CT molecular complexity index is 727. The molecule has 0 aliphatic carbocycles. The maximum atomic E-state index is 4.19. The van der Waals surface area contributed by atoms with Crippen LogP contribution in [0.4, 0.5) is 0 Å². The molecule has 3 rings (SSSR count). The maximum Gasteiger partial charge on any atom is -0.0160 e. The summed E-state index contributed by atoms with van der Waals surface area (Å²) >= 11 is 0. The Morgan fingerprint density at radius 1 is 0.652 bits per heavy atom. The van der Waals surface area contributed by atoms with Crippen molar-refractivity contribution in [3.8, 4) is 0 Å². The minimum absolute atomic E-state index is 1.11. The monoisotopic (exact) mass is 316 g/mol. The lowest BCUT2D eigenvalue weighted by molar-refractivity contribution is 1.69. The van der Waals surface area contributed by atoms with E-state index < -0.39 is 6.89 Å². The number of hydrogen-bond acceptors (Lipinski definition) is 0. The van der Waals surface area contributed by atoms with Crippen LogP contribution in [0.1, 0.15) is 6.92 Å². The van der Waals surface area contributed by atoms with Gasteiger partial charge < -0.3 is 0 Å². The summed E-state index contributed by atoms with van der Waals surface area (Å²) in [5.41, 5.74) is 1.11. The molecule has 3 aromatic carbocycles. The van der Waals surface area contributed by atoms with Crippen LogP contribution in [0.2, 0.25) is 0 Å². The van der Waals surface area contributed by atoms with Gasteiger partial charge in [0.05, 0.1) is 0 Å². The summed E-state index contributed by atoms with van der Waals surface area (Å²) in [5, 5.41) is 4.08. The van der Waals surface area contributed by atoms with Crippen LogP contribution in [0, 0.1) is 0 Å². The van der Waals surface area contributed by atoms with Gasteiger partial charge >= 0.3 is 0 Å². The first-order valence-corrected chi connectivity index (χ1v) is 9.66. The lowest BCUT2D eigenvalue weighted by Gasteiger charge is -2.28. The van der Waals surface area contributed by atoms with Crippen molar-refractivity contribution in [3.63, 3.8) is 0 Å². The van der Waals surface area contributed by atoms with Gasteiger partial charge in [-0.1, -0.05) is 103 Å². The third-order valence-electron chi connectivity index (χ3n) is 3.90. The molecule has 0 nitrogen and oxygen atoms in total. The first-order chi connectivity index (χ1) is 11.2. The largest absolute Gasteiger partial charge is 0.0961 e. The lowest BCUT2D eigenvalue weighted by atomic mass is 10.4. The molecule has 0 spiro atoms. The van der Waals surface area contributed by atoms with E-state index in [1.54, 1.807) is 0 Å². The van der Waals surface area contributed by atoms with Crippen LogP contribution in [-0.4, -0.2) is 5.80 Å². The number of benzene rings is 3. The lowest BCUT2D eigenvalue weighted by Crippen LogP contribution is -2.27. The molecule has 0 aliphatic heterocycles. The summed E-state index contributed by atoms with van der Waals surface area (Å²) in [4.78, 5) is 0. The van der Waals surface area contributed by atoms with Crippen LogP contribution in [0.5, 0.6) is 0 Å². The highest BCUT2D eigenvalue weighted by molar-refractivity contribution is 7.94. The molecular weight excluding hydrogens is 295 g/mol. The van der Waals surface area contributed by atoms with E-state index in [0.717, 1.165) is 5.57 Å². The summed E-state index contributed by atoms with van der Waals surface area (Å²) in [6.07, 6.45) is 0. The van der Waals surface area contributed by atoms with E-state index in [2.05, 4.69) is 110 Å². The first kappa shape index (κ1) is 15.6. The molecule has 114 valence electrons. The van der Waals surface area contributed by atoms with Crippen LogP contribution in [0.15, 0.2) is 103 Å². The van der Waals surface area contributed by atoms with Crippen LogP contribution >= 0.6 is 6.89 Å². The fourth-order valence-corrected chi connectivity index (χ4v) is 6.92. The van der Waals surface area contributed by atoms with E-state index in [-0.39, 0.29) is 0 Å². The highest BCUT2D eigenvalue weighted by Gasteiger charge is 2.24. The van der Waals surface area contributed by atoms with Gasteiger partial charge in [0, 0.05) is 0 Å². The summed E-state index contributed by atoms with van der Waals surface area (Å²) in [5.74, 6) is 2.38. The fourth-order valence-electron chi connectivity index (χ4n) is 2.99. The van der Waals surface area contributed by atoms with Crippen molar-refractivity contribution in [2.24, 2.45) is 0 Å². The van der Waals surface area contributed by atoms with Crippen LogP contribution in [0.25, 0.3) is 0 Å². The smallest absolute Gasteiger partial charge is 0.0160 e. The zero-order valence-electron chi connectivity index (χ0n) is 13.4. The second-order valence-electron chi connectivity index (χ2n) is 5.70. The van der Waals surface area contributed by atoms with Gasteiger partial charge in [-0.15, -0.1) is 0 Å². The van der Waals surface area contributed by atoms with Gasteiger partial charge in [0.1, 0.15) is 0 Å². The zero-order valence-corrected chi connectivity index (χ0v) is 14.3. The van der Waals surface area contributed by atoms with Crippen molar-refractivity contribution in [2.45, 2.75) is 6.92 Å². The molecule has 0 atom stereocenters. The zero-order chi connectivity index (χ0) is 16.1. The molecule has 0 amide bonds. The van der Waals surface area contributed by atoms with Crippen LogP contribution < -0.4 is 15.9 Å². The highest BCUT2D eigenvalue weighted by Crippen LogP contribution is 2.44. The molecule has 23 heavy (non-hydrogen) atoms. The molecule has 0 N–H and O–H groups in total. The number of rotatable bonds is 4. The predicted octanol–water partition coefficient (Wildman–Crippen LogP) is 4.36. The van der Waals surface area contributed by atoms with Gasteiger partial charge in [0.2, 0.25) is 0 Å². The normalized spacial score (nSPS) is 11.0. The Morgan fingerprint density at radius 3 is 1.22 bits per heavy atom. The summed E-state index contributed by atoms with van der Waals surface area (Å²) < 4.78 is 0. The Labute approximate surface area is 139 Å². The fraction of sp³-hybridized carbons (Fsp3) is 0.0455. The molecule has 3 aromatic rings. The molecule has 0 bridgehead atoms. The van der Waals surface area contributed by atoms with E-state index in [0.29, 0.717) is 0 Å². The molecule has 0 saturated carbocycles. The van der Waals surface area contributed by atoms with Gasteiger partial charge in [0.25, 0.3) is 0 Å². The molecule has 1 heteroatoms. The van der Waals surface area contributed by atoms with Gasteiger partial charge in [-0.2, -0.15) is 0 Å². The molecule has 0 saturated heterocycles. The molecule has 0 unspecified atom stereocenters. The van der Waals surface area contributed by atoms with Crippen molar-refractivity contribution in [2.75, 3.05) is 0 Å². The van der Waals surface area contributed by atoms with E-state index in [1.807, 2.05) is 0 Å². The Morgan fingerprint density at radius 2 is 0.957 bits per heavy atom. The average Bonchev–Trinajstić information content (AvgIpc) is 2.62. The average molecular weight is 316 g/mol. The van der Waals surface area contributed by atoms with E-state index in [9.17, 15) is 0 Å². The second kappa shape index (κ2) is 6.86. The van der Waals surface area contributed by atoms with Gasteiger partial charge in [-0.05, 0) is 35.5 Å². The number of hydrogen-bond donors (Lipinski definition) is 0. The third-order valence-corrected chi connectivity index (χ3v) is 8.07.